The second kappa shape index (κ2) is 17.6. The Morgan fingerprint density at radius 1 is 0.583 bits per heavy atom. The van der Waals surface area contributed by atoms with Crippen molar-refractivity contribution in [1.82, 2.24) is 0 Å². The van der Waals surface area contributed by atoms with Gasteiger partial charge < -0.3 is 26.2 Å². The predicted octanol–water partition coefficient (Wildman–Crippen LogP) is 2.34. The van der Waals surface area contributed by atoms with Crippen molar-refractivity contribution in [3.63, 3.8) is 0 Å². The second-order valence-corrected chi connectivity index (χ2v) is 7.12. The molecule has 0 aliphatic rings. The maximum absolute atomic E-state index is 9.59. The molecule has 0 rings (SSSR count). The third-order valence-corrected chi connectivity index (χ3v) is 4.70. The first-order valence-electron chi connectivity index (χ1n) is 9.91. The summed E-state index contributed by atoms with van der Waals surface area (Å²) < 4.78 is 0. The zero-order chi connectivity index (χ0) is 18.0. The summed E-state index contributed by atoms with van der Waals surface area (Å²) in [4.78, 5) is 0. The Morgan fingerprint density at radius 2 is 0.958 bits per heavy atom. The van der Waals surface area contributed by atoms with Gasteiger partial charge >= 0.3 is 0 Å². The zero-order valence-electron chi connectivity index (χ0n) is 15.4. The summed E-state index contributed by atoms with van der Waals surface area (Å²) in [6.45, 7) is 0.333. The van der Waals surface area contributed by atoms with Crippen molar-refractivity contribution in [3.05, 3.63) is 0 Å². The van der Waals surface area contributed by atoms with E-state index in [9.17, 15) is 10.2 Å². The number of hydrogen-bond donors (Lipinski definition) is 5. The zero-order valence-corrected chi connectivity index (χ0v) is 15.4. The SMILES string of the molecule is NCCCCCCCCCCCCC(CC(O)CO)CC(O)CO. The number of aliphatic hydroxyl groups excluding tert-OH is 4. The first-order chi connectivity index (χ1) is 11.6. The maximum Gasteiger partial charge on any atom is 0.0773 e. The average Bonchev–Trinajstić information content (AvgIpc) is 2.59. The maximum atomic E-state index is 9.59. The van der Waals surface area contributed by atoms with Gasteiger partial charge in [0.2, 0.25) is 0 Å². The van der Waals surface area contributed by atoms with Gasteiger partial charge in [-0.3, -0.25) is 0 Å². The highest BCUT2D eigenvalue weighted by Crippen LogP contribution is 2.22. The summed E-state index contributed by atoms with van der Waals surface area (Å²) in [5, 5.41) is 37.1. The number of unbranched alkanes of at least 4 members (excludes halogenated alkanes) is 9. The Morgan fingerprint density at radius 3 is 1.33 bits per heavy atom. The molecule has 0 aromatic heterocycles. The van der Waals surface area contributed by atoms with E-state index in [4.69, 9.17) is 15.9 Å². The van der Waals surface area contributed by atoms with Crippen molar-refractivity contribution in [2.24, 2.45) is 11.7 Å². The number of rotatable bonds is 18. The van der Waals surface area contributed by atoms with Gasteiger partial charge in [0.05, 0.1) is 25.4 Å². The van der Waals surface area contributed by atoms with Gasteiger partial charge in [-0.05, 0) is 31.7 Å². The lowest BCUT2D eigenvalue weighted by Crippen LogP contribution is -2.23. The summed E-state index contributed by atoms with van der Waals surface area (Å²) in [6.07, 6.45) is 12.9. The Labute approximate surface area is 148 Å². The Balaban J connectivity index is 3.61. The van der Waals surface area contributed by atoms with E-state index in [1.54, 1.807) is 0 Å². The molecule has 0 amide bonds. The molecule has 0 bridgehead atoms. The van der Waals surface area contributed by atoms with Crippen LogP contribution in [0, 0.1) is 5.92 Å². The van der Waals surface area contributed by atoms with Crippen molar-refractivity contribution in [2.75, 3.05) is 19.8 Å². The van der Waals surface area contributed by atoms with Crippen molar-refractivity contribution in [1.29, 1.82) is 0 Å². The van der Waals surface area contributed by atoms with Crippen LogP contribution in [-0.2, 0) is 0 Å². The van der Waals surface area contributed by atoms with Gasteiger partial charge in [0, 0.05) is 0 Å². The summed E-state index contributed by atoms with van der Waals surface area (Å²) in [6, 6.07) is 0. The lowest BCUT2D eigenvalue weighted by Gasteiger charge is -2.21. The first-order valence-corrected chi connectivity index (χ1v) is 9.91. The molecule has 2 unspecified atom stereocenters. The second-order valence-electron chi connectivity index (χ2n) is 7.12. The van der Waals surface area contributed by atoms with Gasteiger partial charge in [0.15, 0.2) is 0 Å². The van der Waals surface area contributed by atoms with Gasteiger partial charge in [0.1, 0.15) is 0 Å². The van der Waals surface area contributed by atoms with Crippen molar-refractivity contribution < 1.29 is 20.4 Å². The largest absolute Gasteiger partial charge is 0.394 e. The van der Waals surface area contributed by atoms with Gasteiger partial charge in [-0.25, -0.2) is 0 Å². The van der Waals surface area contributed by atoms with E-state index in [0.29, 0.717) is 12.8 Å². The molecule has 0 fully saturated rings. The summed E-state index contributed by atoms with van der Waals surface area (Å²) in [5.74, 6) is 0.164. The molecular formula is C19H41NO4. The molecule has 2 atom stereocenters. The molecule has 0 aliphatic heterocycles. The molecule has 6 N–H and O–H groups in total. The fourth-order valence-corrected chi connectivity index (χ4v) is 3.24. The highest BCUT2D eigenvalue weighted by Gasteiger charge is 2.17. The van der Waals surface area contributed by atoms with Crippen molar-refractivity contribution in [2.45, 2.75) is 95.7 Å². The van der Waals surface area contributed by atoms with Crippen LogP contribution in [0.5, 0.6) is 0 Å². The molecular weight excluding hydrogens is 306 g/mol. The molecule has 24 heavy (non-hydrogen) atoms. The Hall–Kier alpha value is -0.200. The van der Waals surface area contributed by atoms with E-state index in [1.807, 2.05) is 0 Å². The standard InChI is InChI=1S/C19H41NO4/c20-12-10-8-6-4-2-1-3-5-7-9-11-17(13-18(23)15-21)14-19(24)16-22/h17-19,21-24H,1-16,20H2. The minimum Gasteiger partial charge on any atom is -0.394 e. The molecule has 0 saturated carbocycles. The van der Waals surface area contributed by atoms with Crippen LogP contribution in [0.4, 0.5) is 0 Å². The fourth-order valence-electron chi connectivity index (χ4n) is 3.24. The lowest BCUT2D eigenvalue weighted by molar-refractivity contribution is 0.0418. The van der Waals surface area contributed by atoms with E-state index < -0.39 is 12.2 Å². The summed E-state index contributed by atoms with van der Waals surface area (Å²) in [7, 11) is 0. The highest BCUT2D eigenvalue weighted by atomic mass is 16.3. The van der Waals surface area contributed by atoms with Crippen LogP contribution in [0.25, 0.3) is 0 Å². The molecule has 0 heterocycles. The van der Waals surface area contributed by atoms with E-state index >= 15 is 0 Å². The molecule has 146 valence electrons. The molecule has 5 nitrogen and oxygen atoms in total. The van der Waals surface area contributed by atoms with Crippen LogP contribution in [-0.4, -0.2) is 52.4 Å². The van der Waals surface area contributed by atoms with Crippen LogP contribution in [0.15, 0.2) is 0 Å². The third kappa shape index (κ3) is 15.3. The van der Waals surface area contributed by atoms with Crippen LogP contribution >= 0.6 is 0 Å². The average molecular weight is 348 g/mol. The predicted molar refractivity (Wildman–Crippen MR) is 98.8 cm³/mol. The number of aliphatic hydroxyl groups is 4. The Bertz CT molecular complexity index is 242. The molecule has 0 saturated heterocycles. The van der Waals surface area contributed by atoms with Crippen molar-refractivity contribution in [3.8, 4) is 0 Å². The molecule has 0 aromatic carbocycles. The molecule has 5 heteroatoms. The molecule has 0 radical (unpaired) electrons. The van der Waals surface area contributed by atoms with Gasteiger partial charge in [-0.15, -0.1) is 0 Å². The molecule has 0 aliphatic carbocycles. The van der Waals surface area contributed by atoms with Gasteiger partial charge in [-0.1, -0.05) is 64.2 Å². The lowest BCUT2D eigenvalue weighted by atomic mass is 9.90. The highest BCUT2D eigenvalue weighted by molar-refractivity contribution is 4.69. The summed E-state index contributed by atoms with van der Waals surface area (Å²) >= 11 is 0. The minimum absolute atomic E-state index is 0.164. The number of hydrogen-bond acceptors (Lipinski definition) is 5. The minimum atomic E-state index is -0.722. The van der Waals surface area contributed by atoms with Crippen LogP contribution in [0.2, 0.25) is 0 Å². The number of nitrogens with two attached hydrogens (primary N) is 1. The van der Waals surface area contributed by atoms with Crippen molar-refractivity contribution >= 4 is 0 Å². The van der Waals surface area contributed by atoms with Crippen LogP contribution in [0.3, 0.4) is 0 Å². The molecule has 0 spiro atoms. The van der Waals surface area contributed by atoms with Crippen LogP contribution < -0.4 is 5.73 Å². The topological polar surface area (TPSA) is 107 Å². The Kier molecular flexibility index (Phi) is 17.5. The smallest absolute Gasteiger partial charge is 0.0773 e. The van der Waals surface area contributed by atoms with E-state index in [0.717, 1.165) is 25.8 Å². The van der Waals surface area contributed by atoms with Gasteiger partial charge in [0.25, 0.3) is 0 Å². The van der Waals surface area contributed by atoms with E-state index in [1.165, 1.54) is 51.4 Å². The quantitative estimate of drug-likeness (QED) is 0.245. The fraction of sp³-hybridized carbons (Fsp3) is 1.00. The summed E-state index contributed by atoms with van der Waals surface area (Å²) in [5.41, 5.74) is 5.48. The van der Waals surface area contributed by atoms with Gasteiger partial charge in [-0.2, -0.15) is 0 Å². The van der Waals surface area contributed by atoms with E-state index in [2.05, 4.69) is 0 Å². The van der Waals surface area contributed by atoms with E-state index in [-0.39, 0.29) is 19.1 Å². The monoisotopic (exact) mass is 347 g/mol. The first kappa shape index (κ1) is 23.8. The normalized spacial score (nSPS) is 15.4. The van der Waals surface area contributed by atoms with Crippen LogP contribution in [0.1, 0.15) is 83.5 Å². The molecule has 0 aromatic rings. The third-order valence-electron chi connectivity index (χ3n) is 4.70.